The van der Waals surface area contributed by atoms with E-state index in [9.17, 15) is 24.3 Å². The first-order valence-electron chi connectivity index (χ1n) is 15.9. The molecular weight excluding hydrogens is 610 g/mol. The van der Waals surface area contributed by atoms with Crippen molar-refractivity contribution in [2.24, 2.45) is 11.8 Å². The summed E-state index contributed by atoms with van der Waals surface area (Å²) in [6.45, 7) is 0.434. The number of nitrogens with zero attached hydrogens (tertiary/aromatic N) is 2. The number of halogens is 1. The van der Waals surface area contributed by atoms with Gasteiger partial charge in [0.1, 0.15) is 18.2 Å². The van der Waals surface area contributed by atoms with E-state index in [1.165, 1.54) is 0 Å². The van der Waals surface area contributed by atoms with Crippen LogP contribution in [-0.2, 0) is 28.7 Å². The third kappa shape index (κ3) is 5.97. The van der Waals surface area contributed by atoms with Crippen LogP contribution >= 0.6 is 11.6 Å². The van der Waals surface area contributed by atoms with Gasteiger partial charge in [-0.1, -0.05) is 78.4 Å². The molecule has 6 atom stereocenters. The summed E-state index contributed by atoms with van der Waals surface area (Å²) in [6, 6.07) is 14.6. The number of hydrogen-bond donors (Lipinski definition) is 2. The van der Waals surface area contributed by atoms with Crippen LogP contribution in [0.4, 0.5) is 5.69 Å². The van der Waals surface area contributed by atoms with Gasteiger partial charge in [0.15, 0.2) is 0 Å². The van der Waals surface area contributed by atoms with E-state index in [4.69, 9.17) is 21.1 Å². The lowest BCUT2D eigenvalue weighted by Crippen LogP contribution is -2.55. The van der Waals surface area contributed by atoms with E-state index in [1.807, 2.05) is 36.4 Å². The normalized spacial score (nSPS) is 30.3. The van der Waals surface area contributed by atoms with Crippen LogP contribution in [0.25, 0.3) is 0 Å². The van der Waals surface area contributed by atoms with Crippen LogP contribution in [0.15, 0.2) is 78.9 Å². The number of unbranched alkanes of at least 4 members (excludes halogenated alkanes) is 2. The first-order valence-corrected chi connectivity index (χ1v) is 16.2. The van der Waals surface area contributed by atoms with Gasteiger partial charge in [0.25, 0.3) is 5.91 Å². The Labute approximate surface area is 273 Å². The second kappa shape index (κ2) is 13.8. The summed E-state index contributed by atoms with van der Waals surface area (Å²) in [5.41, 5.74) is -0.153. The van der Waals surface area contributed by atoms with Crippen molar-refractivity contribution in [2.75, 3.05) is 31.2 Å². The number of nitrogens with one attached hydrogen (secondary N) is 1. The van der Waals surface area contributed by atoms with E-state index in [0.717, 1.165) is 5.56 Å². The Morgan fingerprint density at radius 3 is 2.52 bits per heavy atom. The summed E-state index contributed by atoms with van der Waals surface area (Å²) in [4.78, 5) is 59.1. The van der Waals surface area contributed by atoms with E-state index < -0.39 is 41.5 Å². The summed E-state index contributed by atoms with van der Waals surface area (Å²) >= 11 is 6.55. The molecule has 6 rings (SSSR count). The van der Waals surface area contributed by atoms with Crippen LogP contribution in [0.1, 0.15) is 43.7 Å². The third-order valence-corrected chi connectivity index (χ3v) is 9.59. The van der Waals surface area contributed by atoms with Crippen molar-refractivity contribution in [2.45, 2.75) is 55.9 Å². The molecule has 242 valence electrons. The molecule has 2 fully saturated rings. The van der Waals surface area contributed by atoms with Gasteiger partial charge in [0.05, 0.1) is 34.7 Å². The SMILES string of the molecule is O=C1CC/C=C\[C@H]2O[C@]34C=CCN(c5ccccc5Cl)C(=O)[C@H]3N(CCCCCO)C(=O)[C@@H]4[C@H]2C(=O)N[C@H](c2ccccc2)CO1. The molecule has 2 N–H and O–H groups in total. The van der Waals surface area contributed by atoms with Crippen LogP contribution in [0.3, 0.4) is 0 Å². The highest BCUT2D eigenvalue weighted by Gasteiger charge is 2.71. The summed E-state index contributed by atoms with van der Waals surface area (Å²) in [5.74, 6) is -3.44. The van der Waals surface area contributed by atoms with Gasteiger partial charge in [-0.2, -0.15) is 0 Å². The maximum absolute atomic E-state index is 14.6. The van der Waals surface area contributed by atoms with Crippen molar-refractivity contribution in [3.05, 3.63) is 89.5 Å². The maximum atomic E-state index is 14.6. The number of likely N-dealkylation sites (tertiary alicyclic amines) is 1. The highest BCUT2D eigenvalue weighted by atomic mass is 35.5. The number of amides is 3. The number of cyclic esters (lactones) is 1. The predicted octanol–water partition coefficient (Wildman–Crippen LogP) is 3.74. The molecule has 0 aromatic heterocycles. The van der Waals surface area contributed by atoms with Gasteiger partial charge in [-0.3, -0.25) is 19.2 Å². The number of para-hydroxylation sites is 1. The van der Waals surface area contributed by atoms with E-state index in [1.54, 1.807) is 52.3 Å². The summed E-state index contributed by atoms with van der Waals surface area (Å²) < 4.78 is 12.3. The van der Waals surface area contributed by atoms with Crippen molar-refractivity contribution in [1.82, 2.24) is 10.2 Å². The van der Waals surface area contributed by atoms with E-state index in [2.05, 4.69) is 5.32 Å². The molecule has 2 aromatic rings. The number of allylic oxidation sites excluding steroid dienone is 1. The van der Waals surface area contributed by atoms with Gasteiger partial charge in [-0.25, -0.2) is 0 Å². The fraction of sp³-hybridized carbons (Fsp3) is 0.429. The third-order valence-electron chi connectivity index (χ3n) is 9.27. The Morgan fingerprint density at radius 2 is 1.74 bits per heavy atom. The van der Waals surface area contributed by atoms with Crippen LogP contribution in [0, 0.1) is 11.8 Å². The monoisotopic (exact) mass is 647 g/mol. The molecule has 2 saturated heterocycles. The Bertz CT molecular complexity index is 1530. The molecule has 4 heterocycles. The molecular formula is C35H38ClN3O7. The molecule has 4 aliphatic rings. The van der Waals surface area contributed by atoms with Gasteiger partial charge in [-0.15, -0.1) is 0 Å². The van der Waals surface area contributed by atoms with E-state index in [0.29, 0.717) is 36.4 Å². The second-order valence-corrected chi connectivity index (χ2v) is 12.5. The Balaban J connectivity index is 1.41. The average Bonchev–Trinajstić information content (AvgIpc) is 3.44. The topological polar surface area (TPSA) is 125 Å². The minimum absolute atomic E-state index is 0.0309. The number of carbonyl (C=O) groups excluding carboxylic acids is 4. The number of anilines is 1. The maximum Gasteiger partial charge on any atom is 0.306 e. The van der Waals surface area contributed by atoms with Crippen molar-refractivity contribution in [3.63, 3.8) is 0 Å². The number of aliphatic hydroxyl groups is 1. The van der Waals surface area contributed by atoms with Crippen LogP contribution in [0.2, 0.25) is 5.02 Å². The Morgan fingerprint density at radius 1 is 0.957 bits per heavy atom. The largest absolute Gasteiger partial charge is 0.463 e. The molecule has 10 nitrogen and oxygen atoms in total. The fourth-order valence-electron chi connectivity index (χ4n) is 7.14. The number of benzene rings is 2. The Kier molecular flexibility index (Phi) is 9.58. The molecule has 46 heavy (non-hydrogen) atoms. The molecule has 2 aromatic carbocycles. The molecule has 3 amide bonds. The quantitative estimate of drug-likeness (QED) is 0.267. The van der Waals surface area contributed by atoms with Gasteiger partial charge in [0, 0.05) is 26.1 Å². The van der Waals surface area contributed by atoms with E-state index >= 15 is 0 Å². The van der Waals surface area contributed by atoms with Gasteiger partial charge in [-0.05, 0) is 43.4 Å². The molecule has 0 unspecified atom stereocenters. The summed E-state index contributed by atoms with van der Waals surface area (Å²) in [5, 5.41) is 12.8. The molecule has 0 saturated carbocycles. The second-order valence-electron chi connectivity index (χ2n) is 12.1. The number of aliphatic hydroxyl groups excluding tert-OH is 1. The molecule has 11 heteroatoms. The molecule has 0 bridgehead atoms. The molecule has 4 aliphatic heterocycles. The fourth-order valence-corrected chi connectivity index (χ4v) is 7.37. The van der Waals surface area contributed by atoms with E-state index in [-0.39, 0.29) is 50.5 Å². The minimum atomic E-state index is -1.42. The lowest BCUT2D eigenvalue weighted by molar-refractivity contribution is -0.146. The van der Waals surface area contributed by atoms with Crippen molar-refractivity contribution in [1.29, 1.82) is 0 Å². The highest BCUT2D eigenvalue weighted by Crippen LogP contribution is 2.53. The lowest BCUT2D eigenvalue weighted by atomic mass is 9.77. The smallest absolute Gasteiger partial charge is 0.306 e. The van der Waals surface area contributed by atoms with Crippen LogP contribution in [-0.4, -0.2) is 77.7 Å². The summed E-state index contributed by atoms with van der Waals surface area (Å²) in [6.07, 6.45) is 8.58. The van der Waals surface area contributed by atoms with Crippen molar-refractivity contribution in [3.8, 4) is 0 Å². The Hall–Kier alpha value is -3.99. The van der Waals surface area contributed by atoms with Crippen molar-refractivity contribution >= 4 is 41.0 Å². The zero-order valence-electron chi connectivity index (χ0n) is 25.4. The molecule has 1 spiro atoms. The van der Waals surface area contributed by atoms with Gasteiger partial charge >= 0.3 is 5.97 Å². The zero-order valence-corrected chi connectivity index (χ0v) is 26.2. The standard InChI is InChI=1S/C35H38ClN3O7/c36-24-14-5-6-15-26(24)38-20-11-18-35-30(33(43)39(31(35)34(38)44)19-9-2-10-21-40)29-27(46-35)16-7-8-17-28(41)45-22-25(37-32(29)42)23-12-3-1-4-13-23/h1,3-7,11-16,18,25,27,29-31,40H,2,8-10,17,19-22H2,(H,37,42)/b16-7-/t25-,27+,29-,30-,31+,35-/m0/s1. The number of ether oxygens (including phenoxy) is 2. The lowest BCUT2D eigenvalue weighted by Gasteiger charge is -2.35. The average molecular weight is 648 g/mol. The highest BCUT2D eigenvalue weighted by molar-refractivity contribution is 6.34. The first-order chi connectivity index (χ1) is 22.4. The molecule has 0 radical (unpaired) electrons. The van der Waals surface area contributed by atoms with Crippen LogP contribution in [0.5, 0.6) is 0 Å². The number of carbonyl (C=O) groups is 4. The minimum Gasteiger partial charge on any atom is -0.463 e. The number of fused-ring (bicyclic) bond motifs is 2. The van der Waals surface area contributed by atoms with Crippen LogP contribution < -0.4 is 10.2 Å². The molecule has 0 aliphatic carbocycles. The van der Waals surface area contributed by atoms with Gasteiger partial charge in [0.2, 0.25) is 11.8 Å². The van der Waals surface area contributed by atoms with Crippen molar-refractivity contribution < 1.29 is 33.8 Å². The number of hydrogen-bond acceptors (Lipinski definition) is 7. The number of rotatable bonds is 7. The van der Waals surface area contributed by atoms with Gasteiger partial charge < -0.3 is 29.7 Å². The summed E-state index contributed by atoms with van der Waals surface area (Å²) in [7, 11) is 0. The predicted molar refractivity (Wildman–Crippen MR) is 171 cm³/mol. The number of esters is 1. The first kappa shape index (κ1) is 32.0. The zero-order chi connectivity index (χ0) is 32.3.